The zero-order valence-corrected chi connectivity index (χ0v) is 18.2. The van der Waals surface area contributed by atoms with Crippen molar-refractivity contribution in [2.75, 3.05) is 24.5 Å². The minimum absolute atomic E-state index is 0.0308. The van der Waals surface area contributed by atoms with Crippen molar-refractivity contribution in [1.29, 1.82) is 0 Å². The number of rotatable bonds is 3. The van der Waals surface area contributed by atoms with E-state index in [0.717, 1.165) is 73.7 Å². The van der Waals surface area contributed by atoms with Crippen molar-refractivity contribution in [2.24, 2.45) is 5.73 Å². The van der Waals surface area contributed by atoms with Crippen LogP contribution in [0.1, 0.15) is 59.0 Å². The Morgan fingerprint density at radius 3 is 2.84 bits per heavy atom. The third-order valence-corrected chi connectivity index (χ3v) is 6.49. The highest BCUT2D eigenvalue weighted by atomic mass is 16.2. The Morgan fingerprint density at radius 2 is 2.06 bits per heavy atom. The van der Waals surface area contributed by atoms with Crippen LogP contribution in [0, 0.1) is 13.8 Å². The van der Waals surface area contributed by atoms with E-state index in [4.69, 9.17) is 15.8 Å². The van der Waals surface area contributed by atoms with E-state index in [1.165, 1.54) is 0 Å². The molecule has 5 heterocycles. The van der Waals surface area contributed by atoms with Crippen LogP contribution >= 0.6 is 0 Å². The van der Waals surface area contributed by atoms with Crippen molar-refractivity contribution < 1.29 is 4.79 Å². The molecule has 2 saturated heterocycles. The molecule has 31 heavy (non-hydrogen) atoms. The van der Waals surface area contributed by atoms with E-state index in [-0.39, 0.29) is 18.0 Å². The molecule has 8 nitrogen and oxygen atoms in total. The molecular formula is C23H29N7O. The summed E-state index contributed by atoms with van der Waals surface area (Å²) in [5, 5.41) is 4.83. The molecule has 2 aliphatic rings. The summed E-state index contributed by atoms with van der Waals surface area (Å²) in [6.45, 7) is 6.45. The Morgan fingerprint density at radius 1 is 1.19 bits per heavy atom. The lowest BCUT2D eigenvalue weighted by molar-refractivity contribution is 0.0604. The lowest BCUT2D eigenvalue weighted by atomic mass is 9.98. The third kappa shape index (κ3) is 3.65. The molecule has 0 aromatic carbocycles. The molecule has 8 heteroatoms. The first-order valence-electron chi connectivity index (χ1n) is 11.1. The fraction of sp³-hybridized carbons (Fsp3) is 0.478. The van der Waals surface area contributed by atoms with E-state index < -0.39 is 0 Å². The summed E-state index contributed by atoms with van der Waals surface area (Å²) >= 11 is 0. The van der Waals surface area contributed by atoms with E-state index >= 15 is 0 Å². The van der Waals surface area contributed by atoms with Gasteiger partial charge in [0.1, 0.15) is 5.82 Å². The second kappa shape index (κ2) is 7.92. The first kappa shape index (κ1) is 19.9. The smallest absolute Gasteiger partial charge is 0.256 e. The highest BCUT2D eigenvalue weighted by Crippen LogP contribution is 2.33. The van der Waals surface area contributed by atoms with Gasteiger partial charge in [0, 0.05) is 55.4 Å². The van der Waals surface area contributed by atoms with Gasteiger partial charge in [0.25, 0.3) is 5.91 Å². The molecule has 0 spiro atoms. The van der Waals surface area contributed by atoms with Gasteiger partial charge in [0.15, 0.2) is 5.65 Å². The summed E-state index contributed by atoms with van der Waals surface area (Å²) in [5.74, 6) is 1.01. The van der Waals surface area contributed by atoms with Crippen LogP contribution in [0.15, 0.2) is 30.6 Å². The number of aryl methyl sites for hydroxylation is 2. The predicted octanol–water partition coefficient (Wildman–Crippen LogP) is 2.65. The number of hydrogen-bond donors (Lipinski definition) is 1. The summed E-state index contributed by atoms with van der Waals surface area (Å²) < 4.78 is 1.84. The molecule has 2 aliphatic heterocycles. The van der Waals surface area contributed by atoms with Crippen LogP contribution in [-0.4, -0.2) is 56.1 Å². The average Bonchev–Trinajstić information content (AvgIpc) is 3.38. The maximum absolute atomic E-state index is 13.3. The molecule has 0 saturated carbocycles. The van der Waals surface area contributed by atoms with Crippen LogP contribution in [0.2, 0.25) is 0 Å². The Balaban J connectivity index is 1.48. The number of hydrogen-bond acceptors (Lipinski definition) is 6. The molecule has 2 fully saturated rings. The normalized spacial score (nSPS) is 21.8. The Kier molecular flexibility index (Phi) is 5.09. The van der Waals surface area contributed by atoms with Crippen LogP contribution in [-0.2, 0) is 0 Å². The van der Waals surface area contributed by atoms with Gasteiger partial charge in [-0.25, -0.2) is 9.50 Å². The first-order valence-corrected chi connectivity index (χ1v) is 11.1. The van der Waals surface area contributed by atoms with Crippen LogP contribution < -0.4 is 10.6 Å². The molecule has 3 aromatic rings. The van der Waals surface area contributed by atoms with Gasteiger partial charge in [-0.15, -0.1) is 0 Å². The average molecular weight is 420 g/mol. The Labute approximate surface area is 182 Å². The summed E-state index contributed by atoms with van der Waals surface area (Å²) in [5.41, 5.74) is 10.3. The van der Waals surface area contributed by atoms with Crippen molar-refractivity contribution in [3.8, 4) is 0 Å². The zero-order valence-electron chi connectivity index (χ0n) is 18.2. The minimum atomic E-state index is -0.0495. The van der Waals surface area contributed by atoms with Gasteiger partial charge < -0.3 is 15.5 Å². The van der Waals surface area contributed by atoms with Gasteiger partial charge in [-0.05, 0) is 51.7 Å². The summed E-state index contributed by atoms with van der Waals surface area (Å²) in [6, 6.07) is 5.87. The molecule has 3 aromatic heterocycles. The number of likely N-dealkylation sites (tertiary alicyclic amines) is 1. The van der Waals surface area contributed by atoms with Crippen molar-refractivity contribution >= 4 is 17.4 Å². The number of nitrogens with two attached hydrogens (primary N) is 1. The standard InChI is InChI=1S/C23H29N7O/c1-15-13-30-21(26-22(15)28-11-8-17(24)14-28)12-19(27-30)20-7-3-4-10-29(20)23(31)18-6-5-9-25-16(18)2/h5-6,9,12-13,17,20H,3-4,7-8,10-11,14,24H2,1-2H3/t17-,20-/m0/s1. The number of anilines is 1. The molecular weight excluding hydrogens is 390 g/mol. The van der Waals surface area contributed by atoms with Gasteiger partial charge in [-0.1, -0.05) is 0 Å². The summed E-state index contributed by atoms with van der Waals surface area (Å²) in [4.78, 5) is 26.8. The largest absolute Gasteiger partial charge is 0.355 e. The third-order valence-electron chi connectivity index (χ3n) is 6.49. The highest BCUT2D eigenvalue weighted by Gasteiger charge is 2.32. The number of piperidine rings is 1. The van der Waals surface area contributed by atoms with E-state index in [1.54, 1.807) is 6.20 Å². The van der Waals surface area contributed by atoms with Crippen molar-refractivity contribution in [3.05, 3.63) is 53.1 Å². The molecule has 0 bridgehead atoms. The molecule has 0 aliphatic carbocycles. The maximum atomic E-state index is 13.3. The number of fused-ring (bicyclic) bond motifs is 1. The second-order valence-electron chi connectivity index (χ2n) is 8.76. The lowest BCUT2D eigenvalue weighted by Crippen LogP contribution is -2.39. The Hall–Kier alpha value is -3.00. The molecule has 2 N–H and O–H groups in total. The van der Waals surface area contributed by atoms with Crippen molar-refractivity contribution in [1.82, 2.24) is 24.5 Å². The number of aromatic nitrogens is 4. The molecule has 1 amide bonds. The number of nitrogens with zero attached hydrogens (tertiary/aromatic N) is 6. The number of carbonyl (C=O) groups is 1. The maximum Gasteiger partial charge on any atom is 0.256 e. The molecule has 0 unspecified atom stereocenters. The summed E-state index contributed by atoms with van der Waals surface area (Å²) in [6.07, 6.45) is 7.74. The van der Waals surface area contributed by atoms with Gasteiger partial charge in [0.2, 0.25) is 0 Å². The van der Waals surface area contributed by atoms with Crippen molar-refractivity contribution in [2.45, 2.75) is 51.6 Å². The number of amides is 1. The number of pyridine rings is 1. The quantitative estimate of drug-likeness (QED) is 0.702. The fourth-order valence-electron chi connectivity index (χ4n) is 4.83. The fourth-order valence-corrected chi connectivity index (χ4v) is 4.83. The Bertz CT molecular complexity index is 1120. The second-order valence-corrected chi connectivity index (χ2v) is 8.76. The summed E-state index contributed by atoms with van der Waals surface area (Å²) in [7, 11) is 0. The lowest BCUT2D eigenvalue weighted by Gasteiger charge is -2.35. The van der Waals surface area contributed by atoms with Gasteiger partial charge >= 0.3 is 0 Å². The SMILES string of the molecule is Cc1cn2nc([C@@H]3CCCCN3C(=O)c3cccnc3C)cc2nc1N1CC[C@H](N)C1. The van der Waals surface area contributed by atoms with Crippen LogP contribution in [0.25, 0.3) is 5.65 Å². The van der Waals surface area contributed by atoms with Gasteiger partial charge in [-0.3, -0.25) is 9.78 Å². The van der Waals surface area contributed by atoms with Gasteiger partial charge in [0.05, 0.1) is 17.3 Å². The molecule has 2 atom stereocenters. The monoisotopic (exact) mass is 419 g/mol. The highest BCUT2D eigenvalue weighted by molar-refractivity contribution is 5.95. The first-order chi connectivity index (χ1) is 15.0. The van der Waals surface area contributed by atoms with Crippen LogP contribution in [0.5, 0.6) is 0 Å². The van der Waals surface area contributed by atoms with E-state index in [2.05, 4.69) is 16.8 Å². The molecule has 5 rings (SSSR count). The minimum Gasteiger partial charge on any atom is -0.355 e. The molecule has 0 radical (unpaired) electrons. The molecule has 162 valence electrons. The van der Waals surface area contributed by atoms with Gasteiger partial charge in [-0.2, -0.15) is 5.10 Å². The van der Waals surface area contributed by atoms with E-state index in [0.29, 0.717) is 5.56 Å². The topological polar surface area (TPSA) is 92.6 Å². The van der Waals surface area contributed by atoms with E-state index in [9.17, 15) is 4.79 Å². The van der Waals surface area contributed by atoms with Crippen LogP contribution in [0.4, 0.5) is 5.82 Å². The zero-order chi connectivity index (χ0) is 21.5. The van der Waals surface area contributed by atoms with E-state index in [1.807, 2.05) is 40.7 Å². The predicted molar refractivity (Wildman–Crippen MR) is 119 cm³/mol. The van der Waals surface area contributed by atoms with Crippen molar-refractivity contribution in [3.63, 3.8) is 0 Å². The number of carbonyl (C=O) groups excluding carboxylic acids is 1. The van der Waals surface area contributed by atoms with Crippen LogP contribution in [0.3, 0.4) is 0 Å².